The van der Waals surface area contributed by atoms with Gasteiger partial charge in [0.25, 0.3) is 5.91 Å². The van der Waals surface area contributed by atoms with Gasteiger partial charge in [-0.25, -0.2) is 4.98 Å². The molecule has 0 saturated heterocycles. The van der Waals surface area contributed by atoms with Crippen molar-refractivity contribution in [2.45, 2.75) is 26.2 Å². The molecule has 0 N–H and O–H groups in total. The standard InChI is InChI=1S/C16H16ClN3O2S/c1-16(2,3)13-8-11(19-22-13)14(21)20(4)15-18-10-7-9(17)5-6-12(10)23-15/h5-8H,1-4H3. The second-order valence-corrected chi connectivity index (χ2v) is 7.74. The molecule has 3 rings (SSSR count). The van der Waals surface area contributed by atoms with Crippen molar-refractivity contribution in [2.75, 3.05) is 11.9 Å². The summed E-state index contributed by atoms with van der Waals surface area (Å²) in [5, 5.41) is 5.10. The number of fused-ring (bicyclic) bond motifs is 1. The number of carbonyl (C=O) groups is 1. The predicted molar refractivity (Wildman–Crippen MR) is 92.6 cm³/mol. The number of anilines is 1. The summed E-state index contributed by atoms with van der Waals surface area (Å²) in [6, 6.07) is 7.16. The molecular weight excluding hydrogens is 334 g/mol. The first-order valence-corrected chi connectivity index (χ1v) is 8.26. The van der Waals surface area contributed by atoms with E-state index in [4.69, 9.17) is 16.1 Å². The largest absolute Gasteiger partial charge is 0.360 e. The van der Waals surface area contributed by atoms with Gasteiger partial charge in [0.1, 0.15) is 5.76 Å². The van der Waals surface area contributed by atoms with Crippen LogP contribution in [0.3, 0.4) is 0 Å². The average molecular weight is 350 g/mol. The van der Waals surface area contributed by atoms with Crippen molar-refractivity contribution >= 4 is 44.2 Å². The lowest BCUT2D eigenvalue weighted by molar-refractivity contribution is 0.0984. The highest BCUT2D eigenvalue weighted by molar-refractivity contribution is 7.22. The molecule has 5 nitrogen and oxygen atoms in total. The molecule has 2 aromatic heterocycles. The van der Waals surface area contributed by atoms with Crippen molar-refractivity contribution < 1.29 is 9.32 Å². The Bertz CT molecular complexity index is 879. The van der Waals surface area contributed by atoms with Gasteiger partial charge in [-0.3, -0.25) is 9.69 Å². The molecule has 3 aromatic rings. The van der Waals surface area contributed by atoms with Crippen molar-refractivity contribution in [1.29, 1.82) is 0 Å². The van der Waals surface area contributed by atoms with E-state index in [1.807, 2.05) is 26.8 Å². The van der Waals surface area contributed by atoms with Gasteiger partial charge in [-0.05, 0) is 18.2 Å². The Morgan fingerprint density at radius 3 is 2.70 bits per heavy atom. The maximum Gasteiger partial charge on any atom is 0.281 e. The van der Waals surface area contributed by atoms with Crippen LogP contribution in [0.1, 0.15) is 37.0 Å². The molecule has 1 aromatic carbocycles. The van der Waals surface area contributed by atoms with Gasteiger partial charge in [-0.15, -0.1) is 0 Å². The van der Waals surface area contributed by atoms with E-state index in [0.717, 1.165) is 10.2 Å². The van der Waals surface area contributed by atoms with Crippen LogP contribution >= 0.6 is 22.9 Å². The highest BCUT2D eigenvalue weighted by Crippen LogP contribution is 2.31. The molecule has 0 saturated carbocycles. The van der Waals surface area contributed by atoms with E-state index < -0.39 is 0 Å². The van der Waals surface area contributed by atoms with Crippen molar-refractivity contribution in [3.63, 3.8) is 0 Å². The van der Waals surface area contributed by atoms with Crippen LogP contribution in [0.5, 0.6) is 0 Å². The van der Waals surface area contributed by atoms with Gasteiger partial charge in [0.2, 0.25) is 0 Å². The van der Waals surface area contributed by atoms with Crippen LogP contribution in [0, 0.1) is 0 Å². The quantitative estimate of drug-likeness (QED) is 0.682. The first-order chi connectivity index (χ1) is 10.8. The molecule has 0 spiro atoms. The summed E-state index contributed by atoms with van der Waals surface area (Å²) in [6.45, 7) is 6.01. The zero-order valence-electron chi connectivity index (χ0n) is 13.3. The monoisotopic (exact) mass is 349 g/mol. The Balaban J connectivity index is 1.90. The normalized spacial score (nSPS) is 11.9. The Kier molecular flexibility index (Phi) is 3.90. The van der Waals surface area contributed by atoms with Crippen LogP contribution in [0.2, 0.25) is 5.02 Å². The van der Waals surface area contributed by atoms with E-state index in [2.05, 4.69) is 10.1 Å². The summed E-state index contributed by atoms with van der Waals surface area (Å²) in [4.78, 5) is 18.5. The van der Waals surface area contributed by atoms with Gasteiger partial charge in [0.05, 0.1) is 10.2 Å². The Morgan fingerprint density at radius 1 is 1.30 bits per heavy atom. The summed E-state index contributed by atoms with van der Waals surface area (Å²) >= 11 is 7.40. The SMILES string of the molecule is CN(C(=O)c1cc(C(C)(C)C)on1)c1nc2cc(Cl)ccc2s1. The maximum absolute atomic E-state index is 12.6. The number of nitrogens with zero attached hydrogens (tertiary/aromatic N) is 3. The third-order valence-corrected chi connectivity index (χ3v) is 4.75. The molecule has 1 amide bonds. The molecule has 2 heterocycles. The molecule has 0 bridgehead atoms. The van der Waals surface area contributed by atoms with Crippen LogP contribution in [0.4, 0.5) is 5.13 Å². The van der Waals surface area contributed by atoms with Gasteiger partial charge in [0.15, 0.2) is 10.8 Å². The lowest BCUT2D eigenvalue weighted by Gasteiger charge is -2.12. The van der Waals surface area contributed by atoms with Crippen molar-refractivity contribution in [3.8, 4) is 0 Å². The van der Waals surface area contributed by atoms with E-state index in [-0.39, 0.29) is 17.0 Å². The fourth-order valence-electron chi connectivity index (χ4n) is 2.02. The number of rotatable bonds is 2. The predicted octanol–water partition coefficient (Wildman–Crippen LogP) is 4.51. The number of benzene rings is 1. The van der Waals surface area contributed by atoms with Gasteiger partial charge < -0.3 is 4.52 Å². The van der Waals surface area contributed by atoms with E-state index in [1.165, 1.54) is 16.2 Å². The number of carbonyl (C=O) groups excluding carboxylic acids is 1. The van der Waals surface area contributed by atoms with E-state index in [0.29, 0.717) is 15.9 Å². The number of halogens is 1. The molecule has 120 valence electrons. The number of thiazole rings is 1. The summed E-state index contributed by atoms with van der Waals surface area (Å²) in [6.07, 6.45) is 0. The lowest BCUT2D eigenvalue weighted by Crippen LogP contribution is -2.26. The zero-order chi connectivity index (χ0) is 16.8. The third kappa shape index (κ3) is 3.09. The number of hydrogen-bond acceptors (Lipinski definition) is 5. The fourth-order valence-corrected chi connectivity index (χ4v) is 3.09. The van der Waals surface area contributed by atoms with Crippen molar-refractivity contribution in [2.24, 2.45) is 0 Å². The summed E-state index contributed by atoms with van der Waals surface area (Å²) < 4.78 is 6.25. The van der Waals surface area contributed by atoms with Gasteiger partial charge in [-0.2, -0.15) is 0 Å². The molecule has 23 heavy (non-hydrogen) atoms. The molecule has 0 atom stereocenters. The Labute approximate surface area is 142 Å². The molecule has 0 radical (unpaired) electrons. The zero-order valence-corrected chi connectivity index (χ0v) is 14.8. The van der Waals surface area contributed by atoms with Crippen LogP contribution in [-0.4, -0.2) is 23.1 Å². The van der Waals surface area contributed by atoms with E-state index >= 15 is 0 Å². The fraction of sp³-hybridized carbons (Fsp3) is 0.312. The average Bonchev–Trinajstić information content (AvgIpc) is 3.11. The van der Waals surface area contributed by atoms with Crippen molar-refractivity contribution in [1.82, 2.24) is 10.1 Å². The highest BCUT2D eigenvalue weighted by atomic mass is 35.5. The Morgan fingerprint density at radius 2 is 2.04 bits per heavy atom. The van der Waals surface area contributed by atoms with Gasteiger partial charge in [-0.1, -0.05) is 48.9 Å². The van der Waals surface area contributed by atoms with Crippen molar-refractivity contribution in [3.05, 3.63) is 40.7 Å². The van der Waals surface area contributed by atoms with E-state index in [9.17, 15) is 4.79 Å². The lowest BCUT2D eigenvalue weighted by atomic mass is 9.93. The van der Waals surface area contributed by atoms with Crippen LogP contribution < -0.4 is 4.90 Å². The minimum atomic E-state index is -0.255. The maximum atomic E-state index is 12.6. The first kappa shape index (κ1) is 16.0. The molecule has 0 aliphatic heterocycles. The number of aromatic nitrogens is 2. The summed E-state index contributed by atoms with van der Waals surface area (Å²) in [7, 11) is 1.67. The van der Waals surface area contributed by atoms with Gasteiger partial charge in [0, 0.05) is 23.6 Å². The number of hydrogen-bond donors (Lipinski definition) is 0. The summed E-state index contributed by atoms with van der Waals surface area (Å²) in [5.74, 6) is 0.416. The molecule has 0 aliphatic rings. The molecular formula is C16H16ClN3O2S. The molecule has 7 heteroatoms. The second kappa shape index (κ2) is 5.62. The van der Waals surface area contributed by atoms with Crippen LogP contribution in [0.15, 0.2) is 28.8 Å². The van der Waals surface area contributed by atoms with Crippen LogP contribution in [-0.2, 0) is 5.41 Å². The minimum Gasteiger partial charge on any atom is -0.360 e. The number of amides is 1. The smallest absolute Gasteiger partial charge is 0.281 e. The second-order valence-electron chi connectivity index (χ2n) is 6.30. The molecule has 0 aliphatic carbocycles. The molecule has 0 fully saturated rings. The summed E-state index contributed by atoms with van der Waals surface area (Å²) in [5.41, 5.74) is 0.846. The third-order valence-electron chi connectivity index (χ3n) is 3.40. The highest BCUT2D eigenvalue weighted by Gasteiger charge is 2.25. The molecule has 0 unspecified atom stereocenters. The van der Waals surface area contributed by atoms with E-state index in [1.54, 1.807) is 25.2 Å². The Hall–Kier alpha value is -1.92. The van der Waals surface area contributed by atoms with Crippen LogP contribution in [0.25, 0.3) is 10.2 Å². The topological polar surface area (TPSA) is 59.2 Å². The van der Waals surface area contributed by atoms with Gasteiger partial charge >= 0.3 is 0 Å². The first-order valence-electron chi connectivity index (χ1n) is 7.07. The minimum absolute atomic E-state index is 0.198.